The van der Waals surface area contributed by atoms with Crippen LogP contribution >= 0.6 is 0 Å². The summed E-state index contributed by atoms with van der Waals surface area (Å²) in [4.78, 5) is 4.46. The monoisotopic (exact) mass is 275 g/mol. The van der Waals surface area contributed by atoms with Gasteiger partial charge in [-0.1, -0.05) is 42.0 Å². The average Bonchev–Trinajstić information content (AvgIpc) is 2.48. The number of benzene rings is 2. The Hall–Kier alpha value is -2.61. The second-order valence-corrected chi connectivity index (χ2v) is 5.11. The van der Waals surface area contributed by atoms with E-state index in [2.05, 4.69) is 37.0 Å². The molecule has 1 heterocycles. The molecular formula is C19H17NO. The fourth-order valence-corrected chi connectivity index (χ4v) is 2.35. The minimum Gasteiger partial charge on any atom is -0.457 e. The fourth-order valence-electron chi connectivity index (χ4n) is 2.35. The van der Waals surface area contributed by atoms with E-state index < -0.39 is 0 Å². The number of para-hydroxylation sites is 1. The van der Waals surface area contributed by atoms with Gasteiger partial charge in [-0.05, 0) is 37.6 Å². The van der Waals surface area contributed by atoms with Gasteiger partial charge in [0.05, 0.1) is 5.69 Å². The van der Waals surface area contributed by atoms with Crippen LogP contribution in [-0.4, -0.2) is 4.98 Å². The molecular weight excluding hydrogens is 258 g/mol. The normalized spacial score (nSPS) is 10.4. The van der Waals surface area contributed by atoms with E-state index in [9.17, 15) is 0 Å². The summed E-state index contributed by atoms with van der Waals surface area (Å²) >= 11 is 0. The molecule has 0 atom stereocenters. The zero-order valence-electron chi connectivity index (χ0n) is 12.2. The van der Waals surface area contributed by atoms with Gasteiger partial charge < -0.3 is 4.74 Å². The molecule has 0 bridgehead atoms. The lowest BCUT2D eigenvalue weighted by Gasteiger charge is -2.09. The fraction of sp³-hybridized carbons (Fsp3) is 0.105. The highest BCUT2D eigenvalue weighted by atomic mass is 16.5. The number of hydrogen-bond donors (Lipinski definition) is 0. The molecule has 1 aromatic heterocycles. The van der Waals surface area contributed by atoms with Crippen molar-refractivity contribution in [3.63, 3.8) is 0 Å². The summed E-state index contributed by atoms with van der Waals surface area (Å²) in [6.07, 6.45) is 1.78. The Kier molecular flexibility index (Phi) is 3.69. The number of aromatic nitrogens is 1. The van der Waals surface area contributed by atoms with Crippen molar-refractivity contribution in [1.29, 1.82) is 0 Å². The second kappa shape index (κ2) is 5.80. The van der Waals surface area contributed by atoms with Crippen molar-refractivity contribution in [3.05, 3.63) is 78.0 Å². The Balaban J connectivity index is 1.93. The smallest absolute Gasteiger partial charge is 0.131 e. The molecule has 2 nitrogen and oxygen atoms in total. The predicted molar refractivity (Wildman–Crippen MR) is 85.7 cm³/mol. The van der Waals surface area contributed by atoms with Gasteiger partial charge in [0.15, 0.2) is 0 Å². The van der Waals surface area contributed by atoms with E-state index in [1.807, 2.05) is 42.5 Å². The quantitative estimate of drug-likeness (QED) is 0.659. The van der Waals surface area contributed by atoms with Gasteiger partial charge in [0.1, 0.15) is 11.5 Å². The van der Waals surface area contributed by atoms with Crippen molar-refractivity contribution in [2.24, 2.45) is 0 Å². The largest absolute Gasteiger partial charge is 0.457 e. The van der Waals surface area contributed by atoms with Gasteiger partial charge in [-0.15, -0.1) is 0 Å². The summed E-state index contributed by atoms with van der Waals surface area (Å²) in [7, 11) is 0. The van der Waals surface area contributed by atoms with E-state index in [4.69, 9.17) is 4.74 Å². The molecule has 0 aliphatic rings. The highest BCUT2D eigenvalue weighted by Crippen LogP contribution is 2.27. The highest BCUT2D eigenvalue weighted by molar-refractivity contribution is 5.65. The summed E-state index contributed by atoms with van der Waals surface area (Å²) in [5, 5.41) is 0. The van der Waals surface area contributed by atoms with Crippen LogP contribution in [0.4, 0.5) is 0 Å². The third kappa shape index (κ3) is 3.11. The van der Waals surface area contributed by atoms with Gasteiger partial charge in [0, 0.05) is 17.8 Å². The third-order valence-electron chi connectivity index (χ3n) is 3.37. The summed E-state index contributed by atoms with van der Waals surface area (Å²) < 4.78 is 5.86. The molecule has 0 aliphatic heterocycles. The molecule has 2 heteroatoms. The molecule has 0 N–H and O–H groups in total. The molecule has 0 aliphatic carbocycles. The molecule has 0 saturated heterocycles. The average molecular weight is 275 g/mol. The Bertz CT molecular complexity index is 751. The first-order chi connectivity index (χ1) is 10.2. The number of hydrogen-bond acceptors (Lipinski definition) is 2. The molecule has 0 radical (unpaired) electrons. The summed E-state index contributed by atoms with van der Waals surface area (Å²) in [5.74, 6) is 1.63. The maximum Gasteiger partial charge on any atom is 0.131 e. The van der Waals surface area contributed by atoms with Crippen molar-refractivity contribution in [2.45, 2.75) is 13.8 Å². The summed E-state index contributed by atoms with van der Waals surface area (Å²) in [6, 6.07) is 20.0. The lowest BCUT2D eigenvalue weighted by molar-refractivity contribution is 0.482. The molecule has 3 rings (SSSR count). The molecule has 104 valence electrons. The molecule has 0 amide bonds. The van der Waals surface area contributed by atoms with Crippen LogP contribution < -0.4 is 4.74 Å². The van der Waals surface area contributed by atoms with Crippen LogP contribution in [0.3, 0.4) is 0 Å². The van der Waals surface area contributed by atoms with Gasteiger partial charge in [-0.3, -0.25) is 4.98 Å². The van der Waals surface area contributed by atoms with E-state index in [-0.39, 0.29) is 0 Å². The van der Waals surface area contributed by atoms with E-state index >= 15 is 0 Å². The van der Waals surface area contributed by atoms with Crippen LogP contribution in [0.2, 0.25) is 0 Å². The van der Waals surface area contributed by atoms with E-state index in [0.29, 0.717) is 0 Å². The standard InChI is InChI=1S/C19H17NO/c1-14-8-9-18(15(2)12-14)19-13-17(10-11-20-19)21-16-6-4-3-5-7-16/h3-13H,1-2H3. The zero-order chi connectivity index (χ0) is 14.7. The van der Waals surface area contributed by atoms with Crippen molar-refractivity contribution in [3.8, 4) is 22.8 Å². The van der Waals surface area contributed by atoms with Gasteiger partial charge in [0.2, 0.25) is 0 Å². The summed E-state index contributed by atoms with van der Waals surface area (Å²) in [6.45, 7) is 4.20. The lowest BCUT2D eigenvalue weighted by Crippen LogP contribution is -1.90. The molecule has 21 heavy (non-hydrogen) atoms. The Morgan fingerprint density at radius 3 is 2.38 bits per heavy atom. The number of rotatable bonds is 3. The van der Waals surface area contributed by atoms with Crippen LogP contribution in [0.15, 0.2) is 66.9 Å². The third-order valence-corrected chi connectivity index (χ3v) is 3.37. The molecule has 0 fully saturated rings. The minimum atomic E-state index is 0.797. The SMILES string of the molecule is Cc1ccc(-c2cc(Oc3ccccc3)ccn2)c(C)c1. The number of nitrogens with zero attached hydrogens (tertiary/aromatic N) is 1. The number of aryl methyl sites for hydroxylation is 2. The summed E-state index contributed by atoms with van der Waals surface area (Å²) in [5.41, 5.74) is 4.55. The maximum atomic E-state index is 5.86. The van der Waals surface area contributed by atoms with Crippen molar-refractivity contribution >= 4 is 0 Å². The Morgan fingerprint density at radius 1 is 0.810 bits per heavy atom. The van der Waals surface area contributed by atoms with Crippen LogP contribution in [0.25, 0.3) is 11.3 Å². The van der Waals surface area contributed by atoms with Crippen molar-refractivity contribution < 1.29 is 4.74 Å². The Labute approximate surface area is 125 Å². The second-order valence-electron chi connectivity index (χ2n) is 5.11. The molecule has 0 spiro atoms. The maximum absolute atomic E-state index is 5.86. The topological polar surface area (TPSA) is 22.1 Å². The van der Waals surface area contributed by atoms with Crippen molar-refractivity contribution in [1.82, 2.24) is 4.98 Å². The van der Waals surface area contributed by atoms with E-state index in [1.54, 1.807) is 6.20 Å². The van der Waals surface area contributed by atoms with Gasteiger partial charge in [0.25, 0.3) is 0 Å². The molecule has 2 aromatic carbocycles. The van der Waals surface area contributed by atoms with Crippen molar-refractivity contribution in [2.75, 3.05) is 0 Å². The van der Waals surface area contributed by atoms with Crippen LogP contribution in [0.5, 0.6) is 11.5 Å². The van der Waals surface area contributed by atoms with Gasteiger partial charge >= 0.3 is 0 Å². The molecule has 0 saturated carbocycles. The van der Waals surface area contributed by atoms with E-state index in [1.165, 1.54) is 11.1 Å². The minimum absolute atomic E-state index is 0.797. The first-order valence-electron chi connectivity index (χ1n) is 6.99. The van der Waals surface area contributed by atoms with Gasteiger partial charge in [-0.2, -0.15) is 0 Å². The van der Waals surface area contributed by atoms with Crippen LogP contribution in [0.1, 0.15) is 11.1 Å². The highest BCUT2D eigenvalue weighted by Gasteiger charge is 2.05. The Morgan fingerprint density at radius 2 is 1.62 bits per heavy atom. The molecule has 0 unspecified atom stereocenters. The number of pyridine rings is 1. The first-order valence-corrected chi connectivity index (χ1v) is 6.99. The van der Waals surface area contributed by atoms with Gasteiger partial charge in [-0.25, -0.2) is 0 Å². The van der Waals surface area contributed by atoms with E-state index in [0.717, 1.165) is 22.8 Å². The zero-order valence-corrected chi connectivity index (χ0v) is 12.2. The number of ether oxygens (including phenoxy) is 1. The lowest BCUT2D eigenvalue weighted by atomic mass is 10.0. The molecule has 3 aromatic rings. The van der Waals surface area contributed by atoms with Crippen LogP contribution in [0, 0.1) is 13.8 Å². The first kappa shape index (κ1) is 13.4. The van der Waals surface area contributed by atoms with Crippen LogP contribution in [-0.2, 0) is 0 Å². The predicted octanol–water partition coefficient (Wildman–Crippen LogP) is 5.16.